The van der Waals surface area contributed by atoms with E-state index in [4.69, 9.17) is 26.0 Å². The number of fused-ring (bicyclic) bond motifs is 1. The molecule has 0 aliphatic rings. The van der Waals surface area contributed by atoms with Gasteiger partial charge >= 0.3 is 0 Å². The van der Waals surface area contributed by atoms with Crippen LogP contribution in [0.25, 0.3) is 22.2 Å². The Balaban J connectivity index is 1.17. The molecule has 44 heavy (non-hydrogen) atoms. The summed E-state index contributed by atoms with van der Waals surface area (Å²) in [5.74, 6) is 2.08. The molecule has 0 unspecified atom stereocenters. The van der Waals surface area contributed by atoms with Crippen molar-refractivity contribution < 1.29 is 23.5 Å². The lowest BCUT2D eigenvalue weighted by molar-refractivity contribution is -0.129. The fourth-order valence-corrected chi connectivity index (χ4v) is 4.90. The Labute approximate surface area is 259 Å². The fraction of sp³-hybridized carbons (Fsp3) is 0.242. The number of carbonyl (C=O) groups is 1. The normalized spacial score (nSPS) is 11.1. The van der Waals surface area contributed by atoms with Crippen LogP contribution < -0.4 is 20.9 Å². The number of hydrogen-bond donors (Lipinski definition) is 4. The Morgan fingerprint density at radius 3 is 2.61 bits per heavy atom. The Bertz CT molecular complexity index is 1700. The first-order chi connectivity index (χ1) is 21.5. The van der Waals surface area contributed by atoms with Gasteiger partial charge in [-0.3, -0.25) is 10.0 Å². The number of hydrogen-bond acceptors (Lipinski definition) is 8. The molecule has 4 N–H and O–H groups in total. The lowest BCUT2D eigenvalue weighted by atomic mass is 10.1. The molecular weight excluding hydrogens is 585 g/mol. The zero-order valence-corrected chi connectivity index (χ0v) is 24.7. The quantitative estimate of drug-likeness (QED) is 0.0540. The van der Waals surface area contributed by atoms with Crippen LogP contribution in [0.3, 0.4) is 0 Å². The van der Waals surface area contributed by atoms with Gasteiger partial charge in [-0.05, 0) is 85.6 Å². The monoisotopic (exact) mass is 617 g/mol. The van der Waals surface area contributed by atoms with E-state index in [-0.39, 0.29) is 18.3 Å². The SMILES string of the molecule is O=C(CCCCCCNCc1ccc(-c2ccc3ncnc(Nc4ccc(OCc5ccc(F)cc5)c(Cl)c4)c3c2)o1)NO. The zero-order chi connectivity index (χ0) is 30.7. The van der Waals surface area contributed by atoms with E-state index in [0.29, 0.717) is 29.6 Å². The van der Waals surface area contributed by atoms with E-state index in [0.717, 1.165) is 71.5 Å². The van der Waals surface area contributed by atoms with Crippen molar-refractivity contribution in [3.63, 3.8) is 0 Å². The highest BCUT2D eigenvalue weighted by atomic mass is 35.5. The maximum absolute atomic E-state index is 13.2. The molecule has 0 bridgehead atoms. The number of halogens is 2. The van der Waals surface area contributed by atoms with Gasteiger partial charge < -0.3 is 19.8 Å². The Morgan fingerprint density at radius 2 is 1.80 bits per heavy atom. The number of furan rings is 1. The topological polar surface area (TPSA) is 122 Å². The molecule has 0 atom stereocenters. The molecule has 0 saturated heterocycles. The number of benzene rings is 3. The summed E-state index contributed by atoms with van der Waals surface area (Å²) in [7, 11) is 0. The predicted octanol–water partition coefficient (Wildman–Crippen LogP) is 7.55. The first-order valence-corrected chi connectivity index (χ1v) is 14.8. The van der Waals surface area contributed by atoms with Crippen LogP contribution >= 0.6 is 11.6 Å². The minimum Gasteiger partial charge on any atom is -0.487 e. The second-order valence-electron chi connectivity index (χ2n) is 10.3. The third kappa shape index (κ3) is 8.53. The second-order valence-corrected chi connectivity index (χ2v) is 10.7. The molecule has 3 aromatic carbocycles. The molecule has 2 heterocycles. The number of nitrogens with one attached hydrogen (secondary N) is 3. The number of nitrogens with zero attached hydrogens (tertiary/aromatic N) is 2. The van der Waals surface area contributed by atoms with Gasteiger partial charge in [0.05, 0.1) is 17.1 Å². The summed E-state index contributed by atoms with van der Waals surface area (Å²) in [5, 5.41) is 16.5. The average Bonchev–Trinajstić information content (AvgIpc) is 3.51. The van der Waals surface area contributed by atoms with Crippen LogP contribution in [0, 0.1) is 5.82 Å². The zero-order valence-electron chi connectivity index (χ0n) is 24.0. The molecule has 0 radical (unpaired) electrons. The van der Waals surface area contributed by atoms with E-state index in [2.05, 4.69) is 20.6 Å². The van der Waals surface area contributed by atoms with Crippen LogP contribution in [-0.2, 0) is 17.9 Å². The maximum atomic E-state index is 13.2. The number of aromatic nitrogens is 2. The van der Waals surface area contributed by atoms with Crippen LogP contribution in [0.15, 0.2) is 83.5 Å². The van der Waals surface area contributed by atoms with E-state index >= 15 is 0 Å². The Kier molecular flexibility index (Phi) is 10.7. The maximum Gasteiger partial charge on any atom is 0.243 e. The highest BCUT2D eigenvalue weighted by Gasteiger charge is 2.11. The van der Waals surface area contributed by atoms with E-state index in [9.17, 15) is 9.18 Å². The highest BCUT2D eigenvalue weighted by Crippen LogP contribution is 2.33. The lowest BCUT2D eigenvalue weighted by Gasteiger charge is -2.12. The third-order valence-electron chi connectivity index (χ3n) is 7.02. The van der Waals surface area contributed by atoms with Crippen molar-refractivity contribution in [2.24, 2.45) is 0 Å². The van der Waals surface area contributed by atoms with Gasteiger partial charge in [0, 0.05) is 23.1 Å². The van der Waals surface area contributed by atoms with Gasteiger partial charge in [0.15, 0.2) is 0 Å². The Hall–Kier alpha value is -4.51. The van der Waals surface area contributed by atoms with Crippen LogP contribution in [0.5, 0.6) is 5.75 Å². The second kappa shape index (κ2) is 15.3. The van der Waals surface area contributed by atoms with Crippen molar-refractivity contribution in [1.29, 1.82) is 0 Å². The number of ether oxygens (including phenoxy) is 1. The van der Waals surface area contributed by atoms with Crippen molar-refractivity contribution in [3.8, 4) is 17.1 Å². The summed E-state index contributed by atoms with van der Waals surface area (Å²) in [4.78, 5) is 19.9. The predicted molar refractivity (Wildman–Crippen MR) is 167 cm³/mol. The molecule has 228 valence electrons. The number of unbranched alkanes of at least 4 members (excludes halogenated alkanes) is 3. The molecule has 0 fully saturated rings. The number of hydroxylamine groups is 1. The summed E-state index contributed by atoms with van der Waals surface area (Å²) in [6.45, 7) is 1.72. The van der Waals surface area contributed by atoms with Crippen molar-refractivity contribution >= 4 is 39.9 Å². The molecule has 11 heteroatoms. The van der Waals surface area contributed by atoms with Gasteiger partial charge in [-0.1, -0.05) is 36.6 Å². The molecular formula is C33H33ClFN5O4. The van der Waals surface area contributed by atoms with E-state index in [1.807, 2.05) is 36.4 Å². The van der Waals surface area contributed by atoms with Crippen LogP contribution in [-0.4, -0.2) is 27.6 Å². The summed E-state index contributed by atoms with van der Waals surface area (Å²) >= 11 is 6.51. The first-order valence-electron chi connectivity index (χ1n) is 14.4. The molecule has 1 amide bonds. The molecule has 0 saturated carbocycles. The molecule has 5 rings (SSSR count). The molecule has 0 aliphatic heterocycles. The molecule has 5 aromatic rings. The summed E-state index contributed by atoms with van der Waals surface area (Å²) in [6, 6.07) is 21.3. The van der Waals surface area contributed by atoms with E-state index in [1.165, 1.54) is 18.5 Å². The van der Waals surface area contributed by atoms with Gasteiger partial charge in [-0.15, -0.1) is 0 Å². The smallest absolute Gasteiger partial charge is 0.243 e. The van der Waals surface area contributed by atoms with Crippen LogP contribution in [0.2, 0.25) is 5.02 Å². The van der Waals surface area contributed by atoms with Crippen LogP contribution in [0.4, 0.5) is 15.9 Å². The van der Waals surface area contributed by atoms with Gasteiger partial charge in [0.2, 0.25) is 5.91 Å². The Morgan fingerprint density at radius 1 is 0.955 bits per heavy atom. The summed E-state index contributed by atoms with van der Waals surface area (Å²) in [6.07, 6.45) is 5.55. The number of carbonyl (C=O) groups excluding carboxylic acids is 1. The molecule has 0 spiro atoms. The minimum atomic E-state index is -0.342. The van der Waals surface area contributed by atoms with Crippen LogP contribution in [0.1, 0.15) is 43.4 Å². The van der Waals surface area contributed by atoms with Gasteiger partial charge in [0.1, 0.15) is 41.8 Å². The number of amides is 1. The summed E-state index contributed by atoms with van der Waals surface area (Å²) < 4.78 is 25.1. The molecule has 0 aliphatic carbocycles. The molecule has 2 aromatic heterocycles. The van der Waals surface area contributed by atoms with Crippen molar-refractivity contribution in [2.75, 3.05) is 11.9 Å². The van der Waals surface area contributed by atoms with Crippen molar-refractivity contribution in [1.82, 2.24) is 20.8 Å². The first kappa shape index (κ1) is 30.9. The number of rotatable bonds is 15. The third-order valence-corrected chi connectivity index (χ3v) is 7.31. The van der Waals surface area contributed by atoms with Gasteiger partial charge in [-0.2, -0.15) is 0 Å². The van der Waals surface area contributed by atoms with Crippen molar-refractivity contribution in [2.45, 2.75) is 45.3 Å². The van der Waals surface area contributed by atoms with Gasteiger partial charge in [-0.25, -0.2) is 19.8 Å². The van der Waals surface area contributed by atoms with E-state index < -0.39 is 0 Å². The van der Waals surface area contributed by atoms with Crippen molar-refractivity contribution in [3.05, 3.63) is 101 Å². The minimum absolute atomic E-state index is 0.270. The number of anilines is 2. The van der Waals surface area contributed by atoms with Gasteiger partial charge in [0.25, 0.3) is 0 Å². The average molecular weight is 618 g/mol. The lowest BCUT2D eigenvalue weighted by Crippen LogP contribution is -2.17. The largest absolute Gasteiger partial charge is 0.487 e. The molecule has 9 nitrogen and oxygen atoms in total. The van der Waals surface area contributed by atoms with E-state index in [1.54, 1.807) is 29.7 Å². The summed E-state index contributed by atoms with van der Waals surface area (Å²) in [5.41, 5.74) is 4.90. The fourth-order valence-electron chi connectivity index (χ4n) is 4.67. The highest BCUT2D eigenvalue weighted by molar-refractivity contribution is 6.32. The standard InChI is InChI=1S/C33H33ClFN5O4/c34-28-18-25(11-14-31(28)43-20-22-6-9-24(35)10-7-22)39-33-27-17-23(8-13-29(27)37-21-38-33)30-15-12-26(44-30)19-36-16-4-2-1-3-5-32(41)40-42/h6-15,17-18,21,36,42H,1-5,16,19-20H2,(H,40,41)(H,37,38,39).